The molecule has 0 aliphatic rings. The van der Waals surface area contributed by atoms with Gasteiger partial charge in [0.25, 0.3) is 5.89 Å². The summed E-state index contributed by atoms with van der Waals surface area (Å²) in [7, 11) is 0. The average molecular weight is 358 g/mol. The first-order chi connectivity index (χ1) is 13.3. The number of benzene rings is 1. The molecule has 1 aromatic carbocycles. The van der Waals surface area contributed by atoms with Gasteiger partial charge in [-0.3, -0.25) is 9.78 Å². The van der Waals surface area contributed by atoms with Crippen molar-refractivity contribution in [1.82, 2.24) is 15.1 Å². The molecule has 7 nitrogen and oxygen atoms in total. The summed E-state index contributed by atoms with van der Waals surface area (Å²) in [6, 6.07) is 14.4. The Hall–Kier alpha value is -4.00. The molecular formula is C20H14N4O3. The van der Waals surface area contributed by atoms with Gasteiger partial charge in [-0.05, 0) is 42.5 Å². The van der Waals surface area contributed by atoms with E-state index in [1.54, 1.807) is 55.1 Å². The zero-order valence-corrected chi connectivity index (χ0v) is 14.1. The number of amides is 1. The van der Waals surface area contributed by atoms with Gasteiger partial charge in [-0.2, -0.15) is 4.98 Å². The smallest absolute Gasteiger partial charge is 0.260 e. The Morgan fingerprint density at radius 3 is 2.81 bits per heavy atom. The molecule has 0 radical (unpaired) electrons. The molecule has 0 unspecified atom stereocenters. The van der Waals surface area contributed by atoms with E-state index in [-0.39, 0.29) is 5.91 Å². The number of hydrogen-bond acceptors (Lipinski definition) is 6. The predicted molar refractivity (Wildman–Crippen MR) is 99.3 cm³/mol. The van der Waals surface area contributed by atoms with E-state index >= 15 is 0 Å². The highest BCUT2D eigenvalue weighted by atomic mass is 16.5. The number of furan rings is 1. The van der Waals surface area contributed by atoms with E-state index in [9.17, 15) is 4.79 Å². The van der Waals surface area contributed by atoms with Crippen molar-refractivity contribution in [2.24, 2.45) is 0 Å². The summed E-state index contributed by atoms with van der Waals surface area (Å²) in [5.41, 5.74) is 1.93. The molecule has 0 saturated carbocycles. The first-order valence-electron chi connectivity index (χ1n) is 8.16. The van der Waals surface area contributed by atoms with Crippen LogP contribution in [0.3, 0.4) is 0 Å². The Morgan fingerprint density at radius 1 is 1.07 bits per heavy atom. The summed E-state index contributed by atoms with van der Waals surface area (Å²) < 4.78 is 10.5. The van der Waals surface area contributed by atoms with Crippen molar-refractivity contribution in [2.45, 2.75) is 0 Å². The Morgan fingerprint density at radius 2 is 2.00 bits per heavy atom. The third kappa shape index (κ3) is 3.82. The fourth-order valence-corrected chi connectivity index (χ4v) is 2.44. The van der Waals surface area contributed by atoms with Gasteiger partial charge in [-0.15, -0.1) is 0 Å². The van der Waals surface area contributed by atoms with Gasteiger partial charge in [0.05, 0.1) is 17.5 Å². The van der Waals surface area contributed by atoms with E-state index in [1.807, 2.05) is 18.2 Å². The maximum Gasteiger partial charge on any atom is 0.260 e. The molecule has 4 aromatic rings. The second kappa shape index (κ2) is 7.49. The Labute approximate surface area is 154 Å². The summed E-state index contributed by atoms with van der Waals surface area (Å²) in [4.78, 5) is 20.7. The van der Waals surface area contributed by atoms with E-state index in [2.05, 4.69) is 20.4 Å². The number of hydrogen-bond donors (Lipinski definition) is 1. The fraction of sp³-hybridized carbons (Fsp3) is 0. The van der Waals surface area contributed by atoms with E-state index < -0.39 is 0 Å². The molecule has 1 N–H and O–H groups in total. The van der Waals surface area contributed by atoms with Crippen LogP contribution in [0.5, 0.6) is 0 Å². The molecule has 0 bridgehead atoms. The third-order valence-corrected chi connectivity index (χ3v) is 3.70. The zero-order valence-electron chi connectivity index (χ0n) is 14.1. The molecule has 0 spiro atoms. The van der Waals surface area contributed by atoms with E-state index in [4.69, 9.17) is 8.94 Å². The molecule has 27 heavy (non-hydrogen) atoms. The number of nitrogens with zero attached hydrogens (tertiary/aromatic N) is 3. The zero-order chi connectivity index (χ0) is 18.5. The molecule has 132 valence electrons. The molecule has 0 aliphatic carbocycles. The summed E-state index contributed by atoms with van der Waals surface area (Å²) in [5, 5.41) is 6.80. The third-order valence-electron chi connectivity index (χ3n) is 3.70. The monoisotopic (exact) mass is 358 g/mol. The number of pyridine rings is 1. The van der Waals surface area contributed by atoms with E-state index in [0.717, 1.165) is 5.56 Å². The fourth-order valence-electron chi connectivity index (χ4n) is 2.44. The number of aromatic nitrogens is 3. The van der Waals surface area contributed by atoms with Crippen LogP contribution >= 0.6 is 0 Å². The van der Waals surface area contributed by atoms with Crippen LogP contribution in [0.2, 0.25) is 0 Å². The number of nitrogens with one attached hydrogen (secondary N) is 1. The van der Waals surface area contributed by atoms with Crippen LogP contribution < -0.4 is 5.32 Å². The Balaban J connectivity index is 1.56. The lowest BCUT2D eigenvalue weighted by molar-refractivity contribution is -0.111. The van der Waals surface area contributed by atoms with Crippen molar-refractivity contribution in [2.75, 3.05) is 5.32 Å². The van der Waals surface area contributed by atoms with Crippen LogP contribution in [0.1, 0.15) is 5.76 Å². The van der Waals surface area contributed by atoms with Gasteiger partial charge in [0.2, 0.25) is 11.7 Å². The van der Waals surface area contributed by atoms with Crippen LogP contribution in [-0.4, -0.2) is 21.0 Å². The van der Waals surface area contributed by atoms with Crippen LogP contribution in [-0.2, 0) is 4.79 Å². The van der Waals surface area contributed by atoms with E-state index in [1.165, 1.54) is 6.08 Å². The summed E-state index contributed by atoms with van der Waals surface area (Å²) in [5.74, 6) is 1.03. The second-order valence-electron chi connectivity index (χ2n) is 5.55. The van der Waals surface area contributed by atoms with Gasteiger partial charge in [0, 0.05) is 24.0 Å². The van der Waals surface area contributed by atoms with Crippen LogP contribution in [0.15, 0.2) is 82.2 Å². The molecule has 4 rings (SSSR count). The minimum atomic E-state index is -0.300. The van der Waals surface area contributed by atoms with Crippen LogP contribution in [0.4, 0.5) is 5.69 Å². The van der Waals surface area contributed by atoms with Crippen molar-refractivity contribution in [3.8, 4) is 22.8 Å². The molecular weight excluding hydrogens is 344 g/mol. The summed E-state index contributed by atoms with van der Waals surface area (Å²) in [6.07, 6.45) is 7.85. The van der Waals surface area contributed by atoms with Crippen LogP contribution in [0.25, 0.3) is 28.9 Å². The molecule has 0 atom stereocenters. The second-order valence-corrected chi connectivity index (χ2v) is 5.55. The first-order valence-corrected chi connectivity index (χ1v) is 8.16. The maximum atomic E-state index is 12.2. The molecule has 0 saturated heterocycles. The van der Waals surface area contributed by atoms with Gasteiger partial charge in [0.15, 0.2) is 0 Å². The van der Waals surface area contributed by atoms with Crippen molar-refractivity contribution in [3.63, 3.8) is 0 Å². The topological polar surface area (TPSA) is 94.1 Å². The van der Waals surface area contributed by atoms with Gasteiger partial charge >= 0.3 is 0 Å². The quantitative estimate of drug-likeness (QED) is 0.541. The highest BCUT2D eigenvalue weighted by Crippen LogP contribution is 2.28. The van der Waals surface area contributed by atoms with Crippen molar-refractivity contribution in [1.29, 1.82) is 0 Å². The number of anilines is 1. The summed E-state index contributed by atoms with van der Waals surface area (Å²) in [6.45, 7) is 0. The lowest BCUT2D eigenvalue weighted by Gasteiger charge is -2.06. The van der Waals surface area contributed by atoms with E-state index in [0.29, 0.717) is 28.7 Å². The number of rotatable bonds is 5. The molecule has 0 aliphatic heterocycles. The SMILES string of the molecule is O=C(/C=C/c1ccco1)Nc1ccccc1-c1nc(-c2cccnc2)no1. The van der Waals surface area contributed by atoms with Gasteiger partial charge in [0.1, 0.15) is 5.76 Å². The van der Waals surface area contributed by atoms with Gasteiger partial charge in [-0.1, -0.05) is 17.3 Å². The highest BCUT2D eigenvalue weighted by molar-refractivity contribution is 6.03. The molecule has 1 amide bonds. The number of para-hydroxylation sites is 1. The maximum absolute atomic E-state index is 12.2. The van der Waals surface area contributed by atoms with Crippen molar-refractivity contribution >= 4 is 17.7 Å². The first kappa shape index (κ1) is 16.5. The van der Waals surface area contributed by atoms with Gasteiger partial charge in [-0.25, -0.2) is 0 Å². The minimum absolute atomic E-state index is 0.300. The highest BCUT2D eigenvalue weighted by Gasteiger charge is 2.14. The molecule has 3 heterocycles. The van der Waals surface area contributed by atoms with Crippen molar-refractivity contribution < 1.29 is 13.7 Å². The standard InChI is InChI=1S/C20H14N4O3/c25-18(10-9-15-6-4-12-26-15)22-17-8-2-1-7-16(17)20-23-19(24-27-20)14-5-3-11-21-13-14/h1-13H,(H,22,25)/b10-9+. The lowest BCUT2D eigenvalue weighted by atomic mass is 10.1. The molecule has 3 aromatic heterocycles. The van der Waals surface area contributed by atoms with Crippen molar-refractivity contribution in [3.05, 3.63) is 79.0 Å². The summed E-state index contributed by atoms with van der Waals surface area (Å²) >= 11 is 0. The average Bonchev–Trinajstić information content (AvgIpc) is 3.40. The normalized spacial score (nSPS) is 11.0. The number of carbonyl (C=O) groups excluding carboxylic acids is 1. The lowest BCUT2D eigenvalue weighted by Crippen LogP contribution is -2.08. The Kier molecular flexibility index (Phi) is 4.57. The van der Waals surface area contributed by atoms with Crippen LogP contribution in [0, 0.1) is 0 Å². The largest absolute Gasteiger partial charge is 0.465 e. The van der Waals surface area contributed by atoms with Gasteiger partial charge < -0.3 is 14.3 Å². The molecule has 0 fully saturated rings. The minimum Gasteiger partial charge on any atom is -0.465 e. The predicted octanol–water partition coefficient (Wildman–Crippen LogP) is 4.04. The number of carbonyl (C=O) groups is 1. The Bertz CT molecular complexity index is 1070. The molecule has 7 heteroatoms.